The highest BCUT2D eigenvalue weighted by Crippen LogP contribution is 2.27. The SMILES string of the molecule is NCCC(O)c1cccc2c(Cl)[nH]nc12. The van der Waals surface area contributed by atoms with Gasteiger partial charge in [-0.2, -0.15) is 5.10 Å². The molecule has 1 heterocycles. The van der Waals surface area contributed by atoms with E-state index in [9.17, 15) is 5.11 Å². The van der Waals surface area contributed by atoms with Crippen LogP contribution in [0, 0.1) is 0 Å². The van der Waals surface area contributed by atoms with Gasteiger partial charge in [-0.3, -0.25) is 5.10 Å². The zero-order valence-electron chi connectivity index (χ0n) is 8.07. The summed E-state index contributed by atoms with van der Waals surface area (Å²) >= 11 is 5.90. The fourth-order valence-corrected chi connectivity index (χ4v) is 1.81. The first-order valence-corrected chi connectivity index (χ1v) is 5.12. The second kappa shape index (κ2) is 4.18. The van der Waals surface area contributed by atoms with Gasteiger partial charge in [-0.15, -0.1) is 0 Å². The van der Waals surface area contributed by atoms with Gasteiger partial charge in [-0.1, -0.05) is 23.7 Å². The molecule has 1 unspecified atom stereocenters. The van der Waals surface area contributed by atoms with E-state index in [-0.39, 0.29) is 0 Å². The number of nitrogens with zero attached hydrogens (tertiary/aromatic N) is 1. The maximum atomic E-state index is 9.85. The van der Waals surface area contributed by atoms with Crippen molar-refractivity contribution in [1.29, 1.82) is 0 Å². The largest absolute Gasteiger partial charge is 0.388 e. The van der Waals surface area contributed by atoms with Gasteiger partial charge >= 0.3 is 0 Å². The Morgan fingerprint density at radius 1 is 1.53 bits per heavy atom. The number of nitrogens with one attached hydrogen (secondary N) is 1. The highest BCUT2D eigenvalue weighted by Gasteiger charge is 2.13. The van der Waals surface area contributed by atoms with Gasteiger partial charge in [0.05, 0.1) is 11.6 Å². The van der Waals surface area contributed by atoms with Gasteiger partial charge in [0, 0.05) is 10.9 Å². The van der Waals surface area contributed by atoms with Crippen LogP contribution in [0.1, 0.15) is 18.1 Å². The number of para-hydroxylation sites is 1. The van der Waals surface area contributed by atoms with Gasteiger partial charge in [0.15, 0.2) is 0 Å². The Hall–Kier alpha value is -1.10. The molecule has 15 heavy (non-hydrogen) atoms. The molecule has 0 aliphatic rings. The Labute approximate surface area is 92.0 Å². The van der Waals surface area contributed by atoms with Gasteiger partial charge in [-0.05, 0) is 19.0 Å². The molecule has 0 aliphatic carbocycles. The van der Waals surface area contributed by atoms with E-state index in [1.807, 2.05) is 18.2 Å². The van der Waals surface area contributed by atoms with Crippen molar-refractivity contribution < 1.29 is 5.11 Å². The highest BCUT2D eigenvalue weighted by atomic mass is 35.5. The molecule has 2 aromatic rings. The summed E-state index contributed by atoms with van der Waals surface area (Å²) in [6.45, 7) is 0.440. The summed E-state index contributed by atoms with van der Waals surface area (Å²) in [7, 11) is 0. The minimum atomic E-state index is -0.585. The van der Waals surface area contributed by atoms with Crippen molar-refractivity contribution in [2.75, 3.05) is 6.54 Å². The average molecular weight is 226 g/mol. The van der Waals surface area contributed by atoms with Crippen molar-refractivity contribution in [2.45, 2.75) is 12.5 Å². The summed E-state index contributed by atoms with van der Waals surface area (Å²) in [5.41, 5.74) is 6.88. The van der Waals surface area contributed by atoms with E-state index in [1.165, 1.54) is 0 Å². The predicted octanol–water partition coefficient (Wildman–Crippen LogP) is 1.60. The van der Waals surface area contributed by atoms with Crippen LogP contribution >= 0.6 is 11.6 Å². The van der Waals surface area contributed by atoms with Crippen molar-refractivity contribution in [1.82, 2.24) is 10.2 Å². The third-order valence-corrected chi connectivity index (χ3v) is 2.66. The average Bonchev–Trinajstić information content (AvgIpc) is 2.61. The minimum Gasteiger partial charge on any atom is -0.388 e. The smallest absolute Gasteiger partial charge is 0.132 e. The molecular formula is C10H12ClN3O. The second-order valence-electron chi connectivity index (χ2n) is 3.37. The van der Waals surface area contributed by atoms with Crippen LogP contribution in [0.3, 0.4) is 0 Å². The van der Waals surface area contributed by atoms with Crippen molar-refractivity contribution in [2.24, 2.45) is 5.73 Å². The van der Waals surface area contributed by atoms with Crippen molar-refractivity contribution in [3.8, 4) is 0 Å². The normalized spacial score (nSPS) is 13.3. The molecule has 0 spiro atoms. The lowest BCUT2D eigenvalue weighted by Gasteiger charge is -2.09. The minimum absolute atomic E-state index is 0.440. The van der Waals surface area contributed by atoms with Crippen LogP contribution in [0.5, 0.6) is 0 Å². The number of hydrogen-bond donors (Lipinski definition) is 3. The van der Waals surface area contributed by atoms with Crippen molar-refractivity contribution in [3.63, 3.8) is 0 Å². The molecule has 0 aliphatic heterocycles. The Kier molecular flexibility index (Phi) is 2.90. The Balaban J connectivity index is 2.51. The molecule has 0 saturated carbocycles. The first-order chi connectivity index (χ1) is 7.24. The molecule has 80 valence electrons. The molecule has 0 bridgehead atoms. The fourth-order valence-electron chi connectivity index (χ4n) is 1.61. The van der Waals surface area contributed by atoms with E-state index in [2.05, 4.69) is 10.2 Å². The molecule has 4 nitrogen and oxygen atoms in total. The Bertz CT molecular complexity index is 469. The number of fused-ring (bicyclic) bond motifs is 1. The summed E-state index contributed by atoms with van der Waals surface area (Å²) < 4.78 is 0. The highest BCUT2D eigenvalue weighted by molar-refractivity contribution is 6.34. The van der Waals surface area contributed by atoms with Gasteiger partial charge < -0.3 is 10.8 Å². The van der Waals surface area contributed by atoms with Crippen LogP contribution < -0.4 is 5.73 Å². The number of aliphatic hydroxyl groups is 1. The van der Waals surface area contributed by atoms with Gasteiger partial charge in [0.2, 0.25) is 0 Å². The number of aromatic amines is 1. The predicted molar refractivity (Wildman–Crippen MR) is 59.7 cm³/mol. The first kappa shape index (κ1) is 10.4. The number of rotatable bonds is 3. The lowest BCUT2D eigenvalue weighted by molar-refractivity contribution is 0.171. The standard InChI is InChI=1S/C10H12ClN3O/c11-10-7-3-1-2-6(8(15)4-5-12)9(7)13-14-10/h1-3,8,15H,4-5,12H2,(H,13,14). The molecule has 1 aromatic carbocycles. The van der Waals surface area contributed by atoms with Crippen LogP contribution in [-0.4, -0.2) is 21.8 Å². The zero-order chi connectivity index (χ0) is 10.8. The summed E-state index contributed by atoms with van der Waals surface area (Å²) in [4.78, 5) is 0. The number of aromatic nitrogens is 2. The van der Waals surface area contributed by atoms with Crippen LogP contribution in [0.4, 0.5) is 0 Å². The Morgan fingerprint density at radius 3 is 3.07 bits per heavy atom. The molecule has 1 atom stereocenters. The number of benzene rings is 1. The van der Waals surface area contributed by atoms with E-state index in [0.717, 1.165) is 10.9 Å². The summed E-state index contributed by atoms with van der Waals surface area (Å²) in [6.07, 6.45) is -0.0677. The summed E-state index contributed by atoms with van der Waals surface area (Å²) in [5.74, 6) is 0. The number of nitrogens with two attached hydrogens (primary N) is 1. The van der Waals surface area contributed by atoms with E-state index in [1.54, 1.807) is 0 Å². The Morgan fingerprint density at radius 2 is 2.33 bits per heavy atom. The molecule has 1 aromatic heterocycles. The van der Waals surface area contributed by atoms with Gasteiger partial charge in [0.25, 0.3) is 0 Å². The molecule has 0 saturated heterocycles. The molecule has 5 heteroatoms. The lowest BCUT2D eigenvalue weighted by Crippen LogP contribution is -2.07. The third kappa shape index (κ3) is 1.84. The second-order valence-corrected chi connectivity index (χ2v) is 3.75. The van der Waals surface area contributed by atoms with E-state index < -0.39 is 6.10 Å². The van der Waals surface area contributed by atoms with Crippen LogP contribution in [0.15, 0.2) is 18.2 Å². The van der Waals surface area contributed by atoms with Crippen molar-refractivity contribution in [3.05, 3.63) is 28.9 Å². The van der Waals surface area contributed by atoms with E-state index >= 15 is 0 Å². The molecule has 4 N–H and O–H groups in total. The molecule has 0 radical (unpaired) electrons. The first-order valence-electron chi connectivity index (χ1n) is 4.74. The van der Waals surface area contributed by atoms with Crippen molar-refractivity contribution >= 4 is 22.5 Å². The van der Waals surface area contributed by atoms with E-state index in [4.69, 9.17) is 17.3 Å². The number of halogens is 1. The van der Waals surface area contributed by atoms with E-state index in [0.29, 0.717) is 23.6 Å². The van der Waals surface area contributed by atoms with Gasteiger partial charge in [0.1, 0.15) is 5.15 Å². The summed E-state index contributed by atoms with van der Waals surface area (Å²) in [6, 6.07) is 5.54. The molecular weight excluding hydrogens is 214 g/mol. The number of aliphatic hydroxyl groups excluding tert-OH is 1. The zero-order valence-corrected chi connectivity index (χ0v) is 8.83. The van der Waals surface area contributed by atoms with Crippen LogP contribution in [0.25, 0.3) is 10.9 Å². The third-order valence-electron chi connectivity index (χ3n) is 2.37. The molecule has 0 fully saturated rings. The maximum Gasteiger partial charge on any atom is 0.132 e. The monoisotopic (exact) mass is 225 g/mol. The number of hydrogen-bond acceptors (Lipinski definition) is 3. The topological polar surface area (TPSA) is 74.9 Å². The summed E-state index contributed by atoms with van der Waals surface area (Å²) in [5, 5.41) is 17.9. The fraction of sp³-hybridized carbons (Fsp3) is 0.300. The molecule has 0 amide bonds. The quantitative estimate of drug-likeness (QED) is 0.743. The number of H-pyrrole nitrogens is 1. The van der Waals surface area contributed by atoms with Gasteiger partial charge in [-0.25, -0.2) is 0 Å². The maximum absolute atomic E-state index is 9.85. The molecule has 2 rings (SSSR count). The lowest BCUT2D eigenvalue weighted by atomic mass is 10.0. The van der Waals surface area contributed by atoms with Crippen LogP contribution in [-0.2, 0) is 0 Å². The van der Waals surface area contributed by atoms with Crippen LogP contribution in [0.2, 0.25) is 5.15 Å².